The van der Waals surface area contributed by atoms with Gasteiger partial charge in [0, 0.05) is 29.4 Å². The number of para-hydroxylation sites is 1. The Bertz CT molecular complexity index is 978. The molecule has 0 spiro atoms. The number of hydrogen-bond donors (Lipinski definition) is 1. The highest BCUT2D eigenvalue weighted by molar-refractivity contribution is 7.99. The molecule has 0 aromatic heterocycles. The lowest BCUT2D eigenvalue weighted by molar-refractivity contribution is -0.155. The molecule has 1 fully saturated rings. The van der Waals surface area contributed by atoms with Crippen LogP contribution in [0.15, 0.2) is 52.3 Å². The predicted molar refractivity (Wildman–Crippen MR) is 128 cm³/mol. The lowest BCUT2D eigenvalue weighted by atomic mass is 10.1. The highest BCUT2D eigenvalue weighted by atomic mass is 32.2. The van der Waals surface area contributed by atoms with Crippen LogP contribution in [0.1, 0.15) is 31.9 Å². The van der Waals surface area contributed by atoms with Crippen LogP contribution in [0.3, 0.4) is 0 Å². The lowest BCUT2D eigenvalue weighted by Gasteiger charge is -2.43. The van der Waals surface area contributed by atoms with Gasteiger partial charge in [-0.15, -0.1) is 0 Å². The monoisotopic (exact) mass is 456 g/mol. The zero-order valence-electron chi connectivity index (χ0n) is 19.4. The zero-order chi connectivity index (χ0) is 23.4. The van der Waals surface area contributed by atoms with E-state index in [2.05, 4.69) is 49.1 Å². The van der Waals surface area contributed by atoms with Gasteiger partial charge in [0.05, 0.1) is 17.6 Å². The van der Waals surface area contributed by atoms with E-state index in [1.165, 1.54) is 20.9 Å². The van der Waals surface area contributed by atoms with Crippen LogP contribution >= 0.6 is 11.8 Å². The fraction of sp³-hybridized carbons (Fsp3) is 0.440. The van der Waals surface area contributed by atoms with Gasteiger partial charge in [-0.1, -0.05) is 55.4 Å². The fourth-order valence-electron chi connectivity index (χ4n) is 3.90. The normalized spacial score (nSPS) is 17.4. The maximum absolute atomic E-state index is 12.1. The summed E-state index contributed by atoms with van der Waals surface area (Å²) >= 11 is 1.72. The van der Waals surface area contributed by atoms with Gasteiger partial charge in [-0.2, -0.15) is 0 Å². The summed E-state index contributed by atoms with van der Waals surface area (Å²) in [6.07, 6.45) is -1.53. The number of aryl methyl sites for hydroxylation is 2. The molecule has 1 aliphatic rings. The standard InChI is InChI=1S/C25H32N2O4S/c1-16(2)24(28)31-19(5)21-15-26(12-13-27(21)25(29)30)20-8-6-7-9-23(20)32-22-11-10-17(3)14-18(22)4/h6-11,14,16,19,21H,12-13,15H2,1-5H3,(H,29,30). The van der Waals surface area contributed by atoms with Crippen molar-refractivity contribution in [3.8, 4) is 0 Å². The van der Waals surface area contributed by atoms with E-state index in [0.717, 1.165) is 10.6 Å². The Balaban J connectivity index is 1.85. The molecule has 1 saturated heterocycles. The number of anilines is 1. The first-order valence-corrected chi connectivity index (χ1v) is 11.8. The molecule has 7 heteroatoms. The Morgan fingerprint density at radius 3 is 2.44 bits per heavy atom. The van der Waals surface area contributed by atoms with Crippen LogP contribution in [-0.4, -0.2) is 53.8 Å². The maximum Gasteiger partial charge on any atom is 0.407 e. The average Bonchev–Trinajstić information content (AvgIpc) is 2.75. The summed E-state index contributed by atoms with van der Waals surface area (Å²) in [5, 5.41) is 9.72. The van der Waals surface area contributed by atoms with Gasteiger partial charge >= 0.3 is 12.1 Å². The van der Waals surface area contributed by atoms with E-state index in [-0.39, 0.29) is 11.9 Å². The fourth-order valence-corrected chi connectivity index (χ4v) is 4.94. The summed E-state index contributed by atoms with van der Waals surface area (Å²) in [5.74, 6) is -0.573. The topological polar surface area (TPSA) is 70.1 Å². The van der Waals surface area contributed by atoms with Crippen molar-refractivity contribution >= 4 is 29.5 Å². The number of benzene rings is 2. The number of carboxylic acid groups (broad SMARTS) is 1. The smallest absolute Gasteiger partial charge is 0.407 e. The average molecular weight is 457 g/mol. The van der Waals surface area contributed by atoms with Crippen molar-refractivity contribution in [3.63, 3.8) is 0 Å². The summed E-state index contributed by atoms with van der Waals surface area (Å²) < 4.78 is 5.59. The van der Waals surface area contributed by atoms with Crippen molar-refractivity contribution < 1.29 is 19.4 Å². The number of carbonyl (C=O) groups is 2. The van der Waals surface area contributed by atoms with Crippen molar-refractivity contribution in [1.82, 2.24) is 4.90 Å². The largest absolute Gasteiger partial charge is 0.465 e. The molecule has 0 radical (unpaired) electrons. The van der Waals surface area contributed by atoms with E-state index in [1.807, 2.05) is 12.1 Å². The Morgan fingerprint density at radius 2 is 1.78 bits per heavy atom. The van der Waals surface area contributed by atoms with Crippen LogP contribution in [0.5, 0.6) is 0 Å². The Hall–Kier alpha value is -2.67. The molecule has 0 saturated carbocycles. The van der Waals surface area contributed by atoms with Crippen molar-refractivity contribution in [2.24, 2.45) is 5.92 Å². The molecule has 2 aromatic carbocycles. The molecule has 1 amide bonds. The van der Waals surface area contributed by atoms with Crippen molar-refractivity contribution in [2.45, 2.75) is 56.6 Å². The van der Waals surface area contributed by atoms with Crippen LogP contribution in [0.2, 0.25) is 0 Å². The molecule has 172 valence electrons. The second-order valence-electron chi connectivity index (χ2n) is 8.62. The summed E-state index contributed by atoms with van der Waals surface area (Å²) in [4.78, 5) is 29.9. The van der Waals surface area contributed by atoms with Crippen LogP contribution in [0, 0.1) is 19.8 Å². The van der Waals surface area contributed by atoms with Gasteiger partial charge in [0.15, 0.2) is 0 Å². The summed E-state index contributed by atoms with van der Waals surface area (Å²) in [7, 11) is 0. The number of esters is 1. The minimum Gasteiger partial charge on any atom is -0.465 e. The molecule has 32 heavy (non-hydrogen) atoms. The summed E-state index contributed by atoms with van der Waals surface area (Å²) in [6.45, 7) is 10.9. The van der Waals surface area contributed by atoms with E-state index >= 15 is 0 Å². The predicted octanol–water partition coefficient (Wildman–Crippen LogP) is 5.21. The number of nitrogens with zero attached hydrogens (tertiary/aromatic N) is 2. The summed E-state index contributed by atoms with van der Waals surface area (Å²) in [5.41, 5.74) is 3.53. The van der Waals surface area contributed by atoms with Crippen LogP contribution in [-0.2, 0) is 9.53 Å². The maximum atomic E-state index is 12.1. The van der Waals surface area contributed by atoms with Gasteiger partial charge in [0.1, 0.15) is 6.10 Å². The third-order valence-electron chi connectivity index (χ3n) is 5.74. The molecule has 6 nitrogen and oxygen atoms in total. The molecule has 1 heterocycles. The number of rotatable bonds is 6. The molecule has 0 bridgehead atoms. The van der Waals surface area contributed by atoms with Crippen LogP contribution in [0.4, 0.5) is 10.5 Å². The van der Waals surface area contributed by atoms with E-state index in [9.17, 15) is 14.7 Å². The molecule has 2 aromatic rings. The van der Waals surface area contributed by atoms with Crippen molar-refractivity contribution in [3.05, 3.63) is 53.6 Å². The van der Waals surface area contributed by atoms with Gasteiger partial charge < -0.3 is 14.7 Å². The Kier molecular flexibility index (Phi) is 7.72. The summed E-state index contributed by atoms with van der Waals surface area (Å²) in [6, 6.07) is 14.2. The Morgan fingerprint density at radius 1 is 1.06 bits per heavy atom. The molecule has 2 unspecified atom stereocenters. The van der Waals surface area contributed by atoms with Crippen LogP contribution in [0.25, 0.3) is 0 Å². The van der Waals surface area contributed by atoms with Gasteiger partial charge in [-0.25, -0.2) is 4.79 Å². The van der Waals surface area contributed by atoms with E-state index in [4.69, 9.17) is 4.74 Å². The van der Waals surface area contributed by atoms with Crippen molar-refractivity contribution in [1.29, 1.82) is 0 Å². The van der Waals surface area contributed by atoms with Gasteiger partial charge in [0.25, 0.3) is 0 Å². The van der Waals surface area contributed by atoms with Gasteiger partial charge in [-0.3, -0.25) is 9.69 Å². The molecule has 3 rings (SSSR count). The minimum absolute atomic E-state index is 0.259. The molecular formula is C25H32N2O4S. The molecule has 1 aliphatic heterocycles. The highest BCUT2D eigenvalue weighted by Gasteiger charge is 2.36. The quantitative estimate of drug-likeness (QED) is 0.602. The molecule has 2 atom stereocenters. The number of hydrogen-bond acceptors (Lipinski definition) is 5. The Labute approximate surface area is 194 Å². The van der Waals surface area contributed by atoms with E-state index in [1.54, 1.807) is 32.5 Å². The highest BCUT2D eigenvalue weighted by Crippen LogP contribution is 2.38. The second kappa shape index (κ2) is 10.3. The van der Waals surface area contributed by atoms with Gasteiger partial charge in [0.2, 0.25) is 0 Å². The van der Waals surface area contributed by atoms with E-state index < -0.39 is 18.2 Å². The number of piperazine rings is 1. The number of carbonyl (C=O) groups excluding carboxylic acids is 1. The van der Waals surface area contributed by atoms with E-state index in [0.29, 0.717) is 19.6 Å². The third-order valence-corrected chi connectivity index (χ3v) is 6.98. The zero-order valence-corrected chi connectivity index (χ0v) is 20.2. The molecule has 1 N–H and O–H groups in total. The van der Waals surface area contributed by atoms with Gasteiger partial charge in [-0.05, 0) is 44.5 Å². The third kappa shape index (κ3) is 5.57. The lowest BCUT2D eigenvalue weighted by Crippen LogP contribution is -2.59. The first-order valence-electron chi connectivity index (χ1n) is 11.0. The molecular weight excluding hydrogens is 424 g/mol. The first-order chi connectivity index (χ1) is 15.2. The number of ether oxygens (including phenoxy) is 1. The number of amides is 1. The molecule has 0 aliphatic carbocycles. The second-order valence-corrected chi connectivity index (χ2v) is 9.71. The van der Waals surface area contributed by atoms with Crippen molar-refractivity contribution in [2.75, 3.05) is 24.5 Å². The SMILES string of the molecule is Cc1ccc(Sc2ccccc2N2CCN(C(=O)O)C(C(C)OC(=O)C(C)C)C2)c(C)c1. The van der Waals surface area contributed by atoms with Crippen LogP contribution < -0.4 is 4.90 Å². The first kappa shape index (κ1) is 24.0. The minimum atomic E-state index is -0.986.